The van der Waals surface area contributed by atoms with E-state index in [-0.39, 0.29) is 11.9 Å². The number of carbonyl (C=O) groups is 2. The molecule has 3 amide bonds. The average Bonchev–Trinajstić information content (AvgIpc) is 2.54. The SMILES string of the molecule is CN(C)/C=C1/C(=O)N(c2ccccc2)C(=O)N1C. The van der Waals surface area contributed by atoms with Crippen LogP contribution in [0.15, 0.2) is 42.2 Å². The zero-order valence-electron chi connectivity index (χ0n) is 10.6. The molecule has 0 spiro atoms. The molecule has 0 radical (unpaired) electrons. The number of hydrogen-bond donors (Lipinski definition) is 0. The molecule has 0 aromatic heterocycles. The Morgan fingerprint density at radius 3 is 2.28 bits per heavy atom. The standard InChI is InChI=1S/C13H15N3O2/c1-14(2)9-11-12(17)16(13(18)15(11)3)10-7-5-4-6-8-10/h4-9H,1-3H3/b11-9-. The summed E-state index contributed by atoms with van der Waals surface area (Å²) < 4.78 is 0. The molecule has 0 atom stereocenters. The fourth-order valence-corrected chi connectivity index (χ4v) is 1.79. The van der Waals surface area contributed by atoms with Crippen LogP contribution in [0.4, 0.5) is 10.5 Å². The molecule has 94 valence electrons. The number of anilines is 1. The number of amides is 3. The number of imide groups is 1. The van der Waals surface area contributed by atoms with Crippen molar-refractivity contribution in [2.45, 2.75) is 0 Å². The van der Waals surface area contributed by atoms with Gasteiger partial charge in [0.25, 0.3) is 5.91 Å². The highest BCUT2D eigenvalue weighted by Crippen LogP contribution is 2.25. The minimum atomic E-state index is -0.334. The van der Waals surface area contributed by atoms with Crippen molar-refractivity contribution in [2.75, 3.05) is 26.0 Å². The lowest BCUT2D eigenvalue weighted by Crippen LogP contribution is -2.31. The summed E-state index contributed by atoms with van der Waals surface area (Å²) in [4.78, 5) is 28.6. The molecular formula is C13H15N3O2. The van der Waals surface area contributed by atoms with Crippen molar-refractivity contribution in [2.24, 2.45) is 0 Å². The van der Waals surface area contributed by atoms with Gasteiger partial charge in [-0.15, -0.1) is 0 Å². The summed E-state index contributed by atoms with van der Waals surface area (Å²) in [5, 5.41) is 0. The lowest BCUT2D eigenvalue weighted by Gasteiger charge is -2.12. The van der Waals surface area contributed by atoms with Gasteiger partial charge in [-0.2, -0.15) is 0 Å². The summed E-state index contributed by atoms with van der Waals surface area (Å²) in [6.07, 6.45) is 1.64. The highest BCUT2D eigenvalue weighted by molar-refractivity contribution is 6.26. The van der Waals surface area contributed by atoms with Gasteiger partial charge in [0.05, 0.1) is 5.69 Å². The number of para-hydroxylation sites is 1. The Balaban J connectivity index is 2.41. The third-order valence-corrected chi connectivity index (χ3v) is 2.66. The van der Waals surface area contributed by atoms with Gasteiger partial charge in [-0.3, -0.25) is 9.69 Å². The molecule has 1 saturated heterocycles. The second-order valence-corrected chi connectivity index (χ2v) is 4.30. The first kappa shape index (κ1) is 12.2. The molecule has 0 N–H and O–H groups in total. The molecule has 1 aromatic carbocycles. The van der Waals surface area contributed by atoms with E-state index in [1.165, 1.54) is 9.80 Å². The molecule has 5 heteroatoms. The van der Waals surface area contributed by atoms with E-state index in [0.29, 0.717) is 11.4 Å². The zero-order chi connectivity index (χ0) is 13.3. The van der Waals surface area contributed by atoms with Gasteiger partial charge in [-0.25, -0.2) is 9.69 Å². The van der Waals surface area contributed by atoms with Crippen LogP contribution in [0.1, 0.15) is 0 Å². The van der Waals surface area contributed by atoms with Crippen molar-refractivity contribution in [1.29, 1.82) is 0 Å². The van der Waals surface area contributed by atoms with Crippen LogP contribution >= 0.6 is 0 Å². The number of rotatable bonds is 2. The predicted octanol–water partition coefficient (Wildman–Crippen LogP) is 1.49. The first-order valence-corrected chi connectivity index (χ1v) is 5.58. The van der Waals surface area contributed by atoms with Gasteiger partial charge in [0.1, 0.15) is 5.70 Å². The fraction of sp³-hybridized carbons (Fsp3) is 0.231. The molecule has 1 fully saturated rings. The Morgan fingerprint density at radius 2 is 1.72 bits per heavy atom. The van der Waals surface area contributed by atoms with Gasteiger partial charge >= 0.3 is 6.03 Å². The molecule has 1 aliphatic heterocycles. The minimum Gasteiger partial charge on any atom is -0.382 e. The van der Waals surface area contributed by atoms with Crippen LogP contribution in [0.5, 0.6) is 0 Å². The maximum absolute atomic E-state index is 12.2. The molecule has 0 bridgehead atoms. The number of hydrogen-bond acceptors (Lipinski definition) is 3. The molecular weight excluding hydrogens is 230 g/mol. The van der Waals surface area contributed by atoms with Crippen molar-refractivity contribution in [1.82, 2.24) is 9.80 Å². The fourth-order valence-electron chi connectivity index (χ4n) is 1.79. The Hall–Kier alpha value is -2.30. The molecule has 0 saturated carbocycles. The van der Waals surface area contributed by atoms with E-state index in [4.69, 9.17) is 0 Å². The monoisotopic (exact) mass is 245 g/mol. The van der Waals surface area contributed by atoms with E-state index in [0.717, 1.165) is 0 Å². The molecule has 1 heterocycles. The van der Waals surface area contributed by atoms with Crippen LogP contribution in [-0.4, -0.2) is 42.9 Å². The number of carbonyl (C=O) groups excluding carboxylic acids is 2. The van der Waals surface area contributed by atoms with Gasteiger partial charge in [-0.05, 0) is 12.1 Å². The molecule has 1 aromatic rings. The van der Waals surface area contributed by atoms with E-state index < -0.39 is 0 Å². The van der Waals surface area contributed by atoms with Crippen LogP contribution in [0.2, 0.25) is 0 Å². The first-order chi connectivity index (χ1) is 8.52. The van der Waals surface area contributed by atoms with Crippen molar-refractivity contribution >= 4 is 17.6 Å². The van der Waals surface area contributed by atoms with E-state index in [1.807, 2.05) is 20.2 Å². The van der Waals surface area contributed by atoms with E-state index >= 15 is 0 Å². The second-order valence-electron chi connectivity index (χ2n) is 4.30. The maximum Gasteiger partial charge on any atom is 0.336 e. The summed E-state index contributed by atoms with van der Waals surface area (Å²) >= 11 is 0. The highest BCUT2D eigenvalue weighted by atomic mass is 16.2. The van der Waals surface area contributed by atoms with Crippen molar-refractivity contribution < 1.29 is 9.59 Å². The average molecular weight is 245 g/mol. The van der Waals surface area contributed by atoms with Gasteiger partial charge in [0.15, 0.2) is 0 Å². The third-order valence-electron chi connectivity index (χ3n) is 2.66. The molecule has 1 aliphatic rings. The van der Waals surface area contributed by atoms with Crippen molar-refractivity contribution in [3.8, 4) is 0 Å². The maximum atomic E-state index is 12.2. The lowest BCUT2D eigenvalue weighted by atomic mass is 10.3. The predicted molar refractivity (Wildman–Crippen MR) is 68.9 cm³/mol. The number of urea groups is 1. The van der Waals surface area contributed by atoms with E-state index in [1.54, 1.807) is 42.4 Å². The topological polar surface area (TPSA) is 43.9 Å². The number of likely N-dealkylation sites (N-methyl/N-ethyl adjacent to an activating group) is 1. The highest BCUT2D eigenvalue weighted by Gasteiger charge is 2.39. The van der Waals surface area contributed by atoms with Crippen LogP contribution in [0, 0.1) is 0 Å². The van der Waals surface area contributed by atoms with Crippen LogP contribution in [0.25, 0.3) is 0 Å². The van der Waals surface area contributed by atoms with Crippen LogP contribution in [-0.2, 0) is 4.79 Å². The Morgan fingerprint density at radius 1 is 1.11 bits per heavy atom. The lowest BCUT2D eigenvalue weighted by molar-refractivity contribution is -0.114. The minimum absolute atomic E-state index is 0.303. The molecule has 18 heavy (non-hydrogen) atoms. The zero-order valence-corrected chi connectivity index (χ0v) is 10.6. The largest absolute Gasteiger partial charge is 0.382 e. The van der Waals surface area contributed by atoms with Crippen molar-refractivity contribution in [3.05, 3.63) is 42.2 Å². The first-order valence-electron chi connectivity index (χ1n) is 5.58. The van der Waals surface area contributed by atoms with E-state index in [2.05, 4.69) is 0 Å². The number of nitrogens with zero attached hydrogens (tertiary/aromatic N) is 3. The molecule has 0 unspecified atom stereocenters. The molecule has 0 aliphatic carbocycles. The summed E-state index contributed by atoms with van der Waals surface area (Å²) in [5.41, 5.74) is 0.954. The van der Waals surface area contributed by atoms with Gasteiger partial charge in [0.2, 0.25) is 0 Å². The Labute approximate surface area is 106 Å². The smallest absolute Gasteiger partial charge is 0.336 e. The summed E-state index contributed by atoms with van der Waals surface area (Å²) in [5.74, 6) is -0.303. The quantitative estimate of drug-likeness (QED) is 0.585. The Bertz CT molecular complexity index is 508. The summed E-state index contributed by atoms with van der Waals surface area (Å²) in [7, 11) is 5.21. The van der Waals surface area contributed by atoms with Gasteiger partial charge in [-0.1, -0.05) is 18.2 Å². The summed E-state index contributed by atoms with van der Waals surface area (Å²) in [6.45, 7) is 0. The number of benzene rings is 1. The van der Waals surface area contributed by atoms with Crippen LogP contribution in [0.3, 0.4) is 0 Å². The summed E-state index contributed by atoms with van der Waals surface area (Å²) in [6, 6.07) is 8.58. The second kappa shape index (κ2) is 4.52. The van der Waals surface area contributed by atoms with Gasteiger partial charge < -0.3 is 4.90 Å². The normalized spacial score (nSPS) is 17.8. The van der Waals surface area contributed by atoms with E-state index in [9.17, 15) is 9.59 Å². The Kier molecular flexibility index (Phi) is 3.06. The van der Waals surface area contributed by atoms with Gasteiger partial charge in [0, 0.05) is 27.3 Å². The third kappa shape index (κ3) is 1.95. The van der Waals surface area contributed by atoms with Crippen LogP contribution < -0.4 is 4.90 Å². The molecule has 5 nitrogen and oxygen atoms in total. The molecule has 2 rings (SSSR count). The van der Waals surface area contributed by atoms with Crippen molar-refractivity contribution in [3.63, 3.8) is 0 Å².